The van der Waals surface area contributed by atoms with E-state index in [1.165, 1.54) is 11.1 Å². The number of nitrogens with one attached hydrogen (secondary N) is 1. The van der Waals surface area contributed by atoms with Gasteiger partial charge in [-0.1, -0.05) is 35.9 Å². The summed E-state index contributed by atoms with van der Waals surface area (Å²) in [7, 11) is 1.93. The van der Waals surface area contributed by atoms with E-state index in [-0.39, 0.29) is 12.4 Å². The molecule has 0 aliphatic carbocycles. The molecule has 0 heterocycles. The Bertz CT molecular complexity index is 570. The van der Waals surface area contributed by atoms with Gasteiger partial charge >= 0.3 is 0 Å². The molecule has 0 aliphatic heterocycles. The van der Waals surface area contributed by atoms with Crippen molar-refractivity contribution in [2.24, 2.45) is 0 Å². The first-order chi connectivity index (χ1) is 10.2. The van der Waals surface area contributed by atoms with Gasteiger partial charge in [-0.05, 0) is 44.2 Å². The lowest BCUT2D eigenvalue weighted by Crippen LogP contribution is -2.06. The standard InChI is InChI=1S/C18H23NO2.ClH/c1-4-20-18-11-16(12-19-3)9-10-17(18)21-13-15-7-5-14(2)6-8-15;/h5-11,19H,4,12-13H2,1-3H3;1H. The highest BCUT2D eigenvalue weighted by Crippen LogP contribution is 2.29. The molecule has 0 aromatic heterocycles. The summed E-state index contributed by atoms with van der Waals surface area (Å²) in [6.45, 7) is 6.06. The van der Waals surface area contributed by atoms with Gasteiger partial charge in [-0.15, -0.1) is 12.4 Å². The third kappa shape index (κ3) is 5.24. The minimum absolute atomic E-state index is 0. The number of ether oxygens (including phenoxy) is 2. The zero-order chi connectivity index (χ0) is 15.1. The molecule has 3 nitrogen and oxygen atoms in total. The van der Waals surface area contributed by atoms with Gasteiger partial charge in [0, 0.05) is 6.54 Å². The quantitative estimate of drug-likeness (QED) is 0.832. The van der Waals surface area contributed by atoms with Gasteiger partial charge in [-0.25, -0.2) is 0 Å². The molecule has 2 aromatic rings. The Morgan fingerprint density at radius 1 is 0.909 bits per heavy atom. The van der Waals surface area contributed by atoms with Crippen molar-refractivity contribution in [3.05, 3.63) is 59.2 Å². The number of aryl methyl sites for hydroxylation is 1. The molecule has 0 unspecified atom stereocenters. The first-order valence-electron chi connectivity index (χ1n) is 7.31. The largest absolute Gasteiger partial charge is 0.490 e. The molecule has 120 valence electrons. The zero-order valence-corrected chi connectivity index (χ0v) is 14.2. The maximum atomic E-state index is 5.90. The third-order valence-electron chi connectivity index (χ3n) is 3.20. The van der Waals surface area contributed by atoms with Crippen LogP contribution in [0.15, 0.2) is 42.5 Å². The highest BCUT2D eigenvalue weighted by molar-refractivity contribution is 5.85. The molecule has 22 heavy (non-hydrogen) atoms. The van der Waals surface area contributed by atoms with Crippen LogP contribution < -0.4 is 14.8 Å². The van der Waals surface area contributed by atoms with Crippen LogP contribution in [0.1, 0.15) is 23.6 Å². The molecule has 0 atom stereocenters. The van der Waals surface area contributed by atoms with E-state index >= 15 is 0 Å². The Balaban J connectivity index is 0.00000242. The molecule has 0 fully saturated rings. The molecule has 2 aromatic carbocycles. The van der Waals surface area contributed by atoms with Crippen molar-refractivity contribution in [3.63, 3.8) is 0 Å². The molecule has 2 rings (SSSR count). The first-order valence-corrected chi connectivity index (χ1v) is 7.31. The van der Waals surface area contributed by atoms with Gasteiger partial charge in [-0.3, -0.25) is 0 Å². The monoisotopic (exact) mass is 321 g/mol. The molecule has 1 N–H and O–H groups in total. The van der Waals surface area contributed by atoms with Crippen molar-refractivity contribution >= 4 is 12.4 Å². The summed E-state index contributed by atoms with van der Waals surface area (Å²) in [5.74, 6) is 1.59. The highest BCUT2D eigenvalue weighted by Gasteiger charge is 2.06. The van der Waals surface area contributed by atoms with Crippen molar-refractivity contribution in [1.82, 2.24) is 5.32 Å². The second-order valence-electron chi connectivity index (χ2n) is 5.02. The van der Waals surface area contributed by atoms with E-state index in [4.69, 9.17) is 9.47 Å². The number of halogens is 1. The summed E-state index contributed by atoms with van der Waals surface area (Å²) in [4.78, 5) is 0. The number of hydrogen-bond acceptors (Lipinski definition) is 3. The van der Waals surface area contributed by atoms with Crippen molar-refractivity contribution in [2.45, 2.75) is 27.0 Å². The molecule has 0 aliphatic rings. The van der Waals surface area contributed by atoms with Crippen LogP contribution in [-0.4, -0.2) is 13.7 Å². The average Bonchev–Trinajstić information content (AvgIpc) is 2.49. The molecule has 0 saturated carbocycles. The van der Waals surface area contributed by atoms with Gasteiger partial charge in [0.25, 0.3) is 0 Å². The summed E-state index contributed by atoms with van der Waals surface area (Å²) in [5.41, 5.74) is 3.59. The molecule has 0 saturated heterocycles. The van der Waals surface area contributed by atoms with Gasteiger partial charge in [0.15, 0.2) is 11.5 Å². The van der Waals surface area contributed by atoms with Gasteiger partial charge in [0.05, 0.1) is 6.61 Å². The van der Waals surface area contributed by atoms with Crippen LogP contribution in [0.5, 0.6) is 11.5 Å². The fraction of sp³-hybridized carbons (Fsp3) is 0.333. The topological polar surface area (TPSA) is 30.5 Å². The molecule has 0 radical (unpaired) electrons. The Morgan fingerprint density at radius 2 is 1.59 bits per heavy atom. The SMILES string of the molecule is CCOc1cc(CNC)ccc1OCc1ccc(C)cc1.Cl. The minimum atomic E-state index is 0. The summed E-state index contributed by atoms with van der Waals surface area (Å²) in [6.07, 6.45) is 0. The molecule has 0 bridgehead atoms. The maximum Gasteiger partial charge on any atom is 0.161 e. The lowest BCUT2D eigenvalue weighted by Gasteiger charge is -2.13. The van der Waals surface area contributed by atoms with Gasteiger partial charge in [0.2, 0.25) is 0 Å². The van der Waals surface area contributed by atoms with E-state index in [1.54, 1.807) is 0 Å². The van der Waals surface area contributed by atoms with Crippen LogP contribution >= 0.6 is 12.4 Å². The Labute approximate surface area is 139 Å². The Morgan fingerprint density at radius 3 is 2.23 bits per heavy atom. The fourth-order valence-corrected chi connectivity index (χ4v) is 2.10. The summed E-state index contributed by atoms with van der Waals surface area (Å²) >= 11 is 0. The fourth-order valence-electron chi connectivity index (χ4n) is 2.10. The molecule has 0 amide bonds. The van der Waals surface area contributed by atoms with E-state index in [2.05, 4.69) is 42.6 Å². The highest BCUT2D eigenvalue weighted by atomic mass is 35.5. The lowest BCUT2D eigenvalue weighted by molar-refractivity contribution is 0.269. The van der Waals surface area contributed by atoms with E-state index in [0.29, 0.717) is 13.2 Å². The van der Waals surface area contributed by atoms with Crippen LogP contribution in [0.3, 0.4) is 0 Å². The van der Waals surface area contributed by atoms with E-state index in [9.17, 15) is 0 Å². The van der Waals surface area contributed by atoms with Crippen LogP contribution in [0.25, 0.3) is 0 Å². The van der Waals surface area contributed by atoms with E-state index in [1.807, 2.05) is 26.1 Å². The maximum absolute atomic E-state index is 5.90. The van der Waals surface area contributed by atoms with E-state index in [0.717, 1.165) is 23.6 Å². The van der Waals surface area contributed by atoms with Crippen molar-refractivity contribution in [1.29, 1.82) is 0 Å². The Hall–Kier alpha value is -1.71. The smallest absolute Gasteiger partial charge is 0.161 e. The number of hydrogen-bond donors (Lipinski definition) is 1. The van der Waals surface area contributed by atoms with Gasteiger partial charge in [-0.2, -0.15) is 0 Å². The second-order valence-corrected chi connectivity index (χ2v) is 5.02. The van der Waals surface area contributed by atoms with Crippen molar-refractivity contribution in [3.8, 4) is 11.5 Å². The van der Waals surface area contributed by atoms with Crippen molar-refractivity contribution in [2.75, 3.05) is 13.7 Å². The first kappa shape index (κ1) is 18.3. The average molecular weight is 322 g/mol. The predicted octanol–water partition coefficient (Wildman–Crippen LogP) is 4.11. The predicted molar refractivity (Wildman–Crippen MR) is 93.1 cm³/mol. The van der Waals surface area contributed by atoms with Crippen LogP contribution in [-0.2, 0) is 13.2 Å². The molecular weight excluding hydrogens is 298 g/mol. The lowest BCUT2D eigenvalue weighted by atomic mass is 10.1. The second kappa shape index (κ2) is 9.34. The molecule has 0 spiro atoms. The molecule has 4 heteroatoms. The minimum Gasteiger partial charge on any atom is -0.490 e. The zero-order valence-electron chi connectivity index (χ0n) is 13.4. The summed E-state index contributed by atoms with van der Waals surface area (Å²) < 4.78 is 11.6. The Kier molecular flexibility index (Phi) is 7.78. The van der Waals surface area contributed by atoms with Crippen LogP contribution in [0.4, 0.5) is 0 Å². The number of benzene rings is 2. The summed E-state index contributed by atoms with van der Waals surface area (Å²) in [6, 6.07) is 14.4. The van der Waals surface area contributed by atoms with Crippen molar-refractivity contribution < 1.29 is 9.47 Å². The normalized spacial score (nSPS) is 9.95. The van der Waals surface area contributed by atoms with Crippen LogP contribution in [0, 0.1) is 6.92 Å². The van der Waals surface area contributed by atoms with Gasteiger partial charge < -0.3 is 14.8 Å². The molecular formula is C18H24ClNO2. The third-order valence-corrected chi connectivity index (χ3v) is 3.20. The van der Waals surface area contributed by atoms with Gasteiger partial charge in [0.1, 0.15) is 6.61 Å². The van der Waals surface area contributed by atoms with Crippen LogP contribution in [0.2, 0.25) is 0 Å². The summed E-state index contributed by atoms with van der Waals surface area (Å²) in [5, 5.41) is 3.14. The number of rotatable bonds is 7. The van der Waals surface area contributed by atoms with E-state index < -0.39 is 0 Å².